The van der Waals surface area contributed by atoms with Gasteiger partial charge in [0.05, 0.1) is 5.56 Å². The van der Waals surface area contributed by atoms with E-state index in [1.54, 1.807) is 0 Å². The Morgan fingerprint density at radius 2 is 2.08 bits per heavy atom. The fraction of sp³-hybridized carbons (Fsp3) is 0.143. The van der Waals surface area contributed by atoms with Gasteiger partial charge >= 0.3 is 6.18 Å². The maximum absolute atomic E-state index is 12.1. The molecule has 0 bridgehead atoms. The summed E-state index contributed by atoms with van der Waals surface area (Å²) in [7, 11) is 0. The van der Waals surface area contributed by atoms with Gasteiger partial charge in [-0.15, -0.1) is 12.6 Å². The number of halogens is 3. The lowest BCUT2D eigenvalue weighted by Crippen LogP contribution is -2.10. The van der Waals surface area contributed by atoms with Crippen molar-refractivity contribution in [3.8, 4) is 6.07 Å². The second-order valence-corrected chi connectivity index (χ2v) is 2.72. The van der Waals surface area contributed by atoms with Gasteiger partial charge in [0.2, 0.25) is 0 Å². The monoisotopic (exact) mass is 204 g/mol. The first kappa shape index (κ1) is 9.86. The lowest BCUT2D eigenvalue weighted by molar-refractivity contribution is -0.141. The molecule has 0 amide bonds. The Morgan fingerprint density at radius 1 is 1.46 bits per heavy atom. The molecule has 0 fully saturated rings. The van der Waals surface area contributed by atoms with Crippen molar-refractivity contribution in [1.82, 2.24) is 4.98 Å². The quantitative estimate of drug-likeness (QED) is 0.658. The fourth-order valence-corrected chi connectivity index (χ4v) is 0.952. The lowest BCUT2D eigenvalue weighted by Gasteiger charge is -2.06. The topological polar surface area (TPSA) is 36.7 Å². The summed E-state index contributed by atoms with van der Waals surface area (Å²) >= 11 is 3.77. The van der Waals surface area contributed by atoms with Crippen molar-refractivity contribution in [2.75, 3.05) is 0 Å². The maximum atomic E-state index is 12.1. The van der Waals surface area contributed by atoms with Crippen LogP contribution in [0.4, 0.5) is 13.2 Å². The van der Waals surface area contributed by atoms with Crippen LogP contribution in [0.2, 0.25) is 0 Å². The van der Waals surface area contributed by atoms with Crippen molar-refractivity contribution in [2.24, 2.45) is 0 Å². The van der Waals surface area contributed by atoms with Gasteiger partial charge in [0.15, 0.2) is 5.69 Å². The molecular formula is C7H3F3N2S. The number of nitriles is 1. The molecule has 2 nitrogen and oxygen atoms in total. The van der Waals surface area contributed by atoms with Crippen LogP contribution in [0.1, 0.15) is 11.3 Å². The zero-order chi connectivity index (χ0) is 10.1. The minimum Gasteiger partial charge on any atom is -0.249 e. The van der Waals surface area contributed by atoms with E-state index in [4.69, 9.17) is 5.26 Å². The standard InChI is InChI=1S/C7H3F3N2S/c8-7(9,10)6-4(2-11)1-5(13)3-12-6/h1,3,13H. The Labute approximate surface area is 77.4 Å². The molecule has 0 radical (unpaired) electrons. The van der Waals surface area contributed by atoms with E-state index in [1.165, 1.54) is 6.07 Å². The second kappa shape index (κ2) is 3.26. The molecule has 1 heterocycles. The fourth-order valence-electron chi connectivity index (χ4n) is 0.765. The molecule has 68 valence electrons. The zero-order valence-electron chi connectivity index (χ0n) is 6.13. The average molecular weight is 204 g/mol. The number of hydrogen-bond acceptors (Lipinski definition) is 3. The SMILES string of the molecule is N#Cc1cc(S)cnc1C(F)(F)F. The van der Waals surface area contributed by atoms with Crippen LogP contribution in [0.15, 0.2) is 17.2 Å². The molecule has 0 aliphatic rings. The van der Waals surface area contributed by atoms with E-state index in [-0.39, 0.29) is 4.90 Å². The van der Waals surface area contributed by atoms with Crippen molar-refractivity contribution >= 4 is 12.6 Å². The Kier molecular flexibility index (Phi) is 2.48. The summed E-state index contributed by atoms with van der Waals surface area (Å²) in [5, 5.41) is 8.38. The largest absolute Gasteiger partial charge is 0.434 e. The molecule has 0 atom stereocenters. The van der Waals surface area contributed by atoms with E-state index in [2.05, 4.69) is 17.6 Å². The summed E-state index contributed by atoms with van der Waals surface area (Å²) < 4.78 is 36.4. The van der Waals surface area contributed by atoms with Crippen molar-refractivity contribution in [3.05, 3.63) is 23.5 Å². The van der Waals surface area contributed by atoms with Gasteiger partial charge in [0, 0.05) is 11.1 Å². The minimum atomic E-state index is -4.59. The lowest BCUT2D eigenvalue weighted by atomic mass is 10.2. The number of pyridine rings is 1. The normalized spacial score (nSPS) is 11.0. The van der Waals surface area contributed by atoms with E-state index in [9.17, 15) is 13.2 Å². The number of hydrogen-bond donors (Lipinski definition) is 1. The molecule has 0 saturated carbocycles. The molecule has 1 rings (SSSR count). The van der Waals surface area contributed by atoms with Crippen LogP contribution in [0, 0.1) is 11.3 Å². The third kappa shape index (κ3) is 2.12. The maximum Gasteiger partial charge on any atom is 0.434 e. The van der Waals surface area contributed by atoms with Crippen molar-refractivity contribution < 1.29 is 13.2 Å². The number of nitrogens with zero attached hydrogens (tertiary/aromatic N) is 2. The number of aromatic nitrogens is 1. The summed E-state index contributed by atoms with van der Waals surface area (Å²) in [6.07, 6.45) is -3.64. The molecule has 13 heavy (non-hydrogen) atoms. The summed E-state index contributed by atoms with van der Waals surface area (Å²) in [6.45, 7) is 0. The number of alkyl halides is 3. The highest BCUT2D eigenvalue weighted by Crippen LogP contribution is 2.30. The molecule has 0 aliphatic carbocycles. The van der Waals surface area contributed by atoms with E-state index in [0.717, 1.165) is 12.3 Å². The zero-order valence-corrected chi connectivity index (χ0v) is 7.02. The molecular weight excluding hydrogens is 201 g/mol. The molecule has 0 aliphatic heterocycles. The first-order valence-electron chi connectivity index (χ1n) is 3.11. The van der Waals surface area contributed by atoms with Crippen molar-refractivity contribution in [2.45, 2.75) is 11.1 Å². The summed E-state index contributed by atoms with van der Waals surface area (Å²) in [5.41, 5.74) is -1.69. The summed E-state index contributed by atoms with van der Waals surface area (Å²) in [6, 6.07) is 2.44. The highest BCUT2D eigenvalue weighted by atomic mass is 32.1. The molecule has 0 saturated heterocycles. The first-order chi connectivity index (χ1) is 5.95. The van der Waals surface area contributed by atoms with Gasteiger partial charge in [-0.25, -0.2) is 4.98 Å². The third-order valence-corrected chi connectivity index (χ3v) is 1.51. The Morgan fingerprint density at radius 3 is 2.54 bits per heavy atom. The van der Waals surface area contributed by atoms with Gasteiger partial charge in [-0.2, -0.15) is 18.4 Å². The average Bonchev–Trinajstić information content (AvgIpc) is 2.01. The van der Waals surface area contributed by atoms with Crippen LogP contribution in [-0.4, -0.2) is 4.98 Å². The molecule has 0 N–H and O–H groups in total. The molecule has 0 unspecified atom stereocenters. The Hall–Kier alpha value is -1.22. The van der Waals surface area contributed by atoms with Crippen molar-refractivity contribution in [1.29, 1.82) is 5.26 Å². The Balaban J connectivity index is 3.32. The van der Waals surface area contributed by atoms with E-state index >= 15 is 0 Å². The Bertz CT molecular complexity index is 367. The summed E-state index contributed by atoms with van der Waals surface area (Å²) in [5.74, 6) is 0. The molecule has 0 aromatic carbocycles. The number of thiol groups is 1. The van der Waals surface area contributed by atoms with Gasteiger partial charge < -0.3 is 0 Å². The highest BCUT2D eigenvalue weighted by Gasteiger charge is 2.35. The van der Waals surface area contributed by atoms with Gasteiger partial charge in [0.25, 0.3) is 0 Å². The molecule has 1 aromatic heterocycles. The third-order valence-electron chi connectivity index (χ3n) is 1.26. The van der Waals surface area contributed by atoms with Gasteiger partial charge in [-0.05, 0) is 6.07 Å². The van der Waals surface area contributed by atoms with Gasteiger partial charge in [0.1, 0.15) is 6.07 Å². The smallest absolute Gasteiger partial charge is 0.249 e. The van der Waals surface area contributed by atoms with E-state index < -0.39 is 17.4 Å². The second-order valence-electron chi connectivity index (χ2n) is 2.20. The first-order valence-corrected chi connectivity index (χ1v) is 3.56. The van der Waals surface area contributed by atoms with Crippen LogP contribution >= 0.6 is 12.6 Å². The van der Waals surface area contributed by atoms with Crippen LogP contribution < -0.4 is 0 Å². The van der Waals surface area contributed by atoms with E-state index in [0.29, 0.717) is 0 Å². The van der Waals surface area contributed by atoms with Crippen LogP contribution in [0.25, 0.3) is 0 Å². The van der Waals surface area contributed by atoms with Crippen LogP contribution in [0.5, 0.6) is 0 Å². The van der Waals surface area contributed by atoms with Crippen LogP contribution in [0.3, 0.4) is 0 Å². The summed E-state index contributed by atoms with van der Waals surface area (Å²) in [4.78, 5) is 3.32. The van der Waals surface area contributed by atoms with Gasteiger partial charge in [-0.1, -0.05) is 0 Å². The molecule has 1 aromatic rings. The number of rotatable bonds is 0. The molecule has 6 heteroatoms. The predicted octanol–water partition coefficient (Wildman–Crippen LogP) is 2.26. The highest BCUT2D eigenvalue weighted by molar-refractivity contribution is 7.80. The van der Waals surface area contributed by atoms with Gasteiger partial charge in [-0.3, -0.25) is 0 Å². The molecule has 0 spiro atoms. The van der Waals surface area contributed by atoms with Crippen LogP contribution in [-0.2, 0) is 6.18 Å². The van der Waals surface area contributed by atoms with E-state index in [1.807, 2.05) is 0 Å². The minimum absolute atomic E-state index is 0.226. The predicted molar refractivity (Wildman–Crippen MR) is 41.2 cm³/mol. The van der Waals surface area contributed by atoms with Crippen molar-refractivity contribution in [3.63, 3.8) is 0 Å².